The first-order valence-electron chi connectivity index (χ1n) is 7.17. The molecule has 0 aromatic heterocycles. The van der Waals surface area contributed by atoms with Gasteiger partial charge in [0.25, 0.3) is 0 Å². The van der Waals surface area contributed by atoms with E-state index in [0.29, 0.717) is 6.42 Å². The van der Waals surface area contributed by atoms with Crippen LogP contribution in [-0.4, -0.2) is 29.3 Å². The van der Waals surface area contributed by atoms with Crippen LogP contribution in [0.2, 0.25) is 0 Å². The summed E-state index contributed by atoms with van der Waals surface area (Å²) in [6, 6.07) is -0.645. The number of rotatable bonds is 8. The SMILES string of the molecule is C/C=C\N(CC)/C(=C\C)CC(NC(=O)C1CC1)C(N)=O. The van der Waals surface area contributed by atoms with Gasteiger partial charge in [-0.15, -0.1) is 0 Å². The minimum Gasteiger partial charge on any atom is -0.368 e. The van der Waals surface area contributed by atoms with Gasteiger partial charge in [-0.25, -0.2) is 0 Å². The van der Waals surface area contributed by atoms with Crippen molar-refractivity contribution in [3.8, 4) is 0 Å². The van der Waals surface area contributed by atoms with Gasteiger partial charge in [-0.3, -0.25) is 9.59 Å². The van der Waals surface area contributed by atoms with E-state index < -0.39 is 11.9 Å². The molecule has 0 aromatic rings. The summed E-state index contributed by atoms with van der Waals surface area (Å²) in [6.45, 7) is 6.69. The molecule has 0 aliphatic heterocycles. The third-order valence-corrected chi connectivity index (χ3v) is 3.39. The quantitative estimate of drug-likeness (QED) is 0.707. The minimum absolute atomic E-state index is 0.0571. The molecule has 1 saturated carbocycles. The van der Waals surface area contributed by atoms with Crippen molar-refractivity contribution in [2.45, 2.75) is 46.1 Å². The second kappa shape index (κ2) is 7.72. The highest BCUT2D eigenvalue weighted by atomic mass is 16.2. The number of nitrogens with two attached hydrogens (primary N) is 1. The van der Waals surface area contributed by atoms with Gasteiger partial charge in [0, 0.05) is 24.6 Å². The van der Waals surface area contributed by atoms with E-state index in [0.717, 1.165) is 25.1 Å². The van der Waals surface area contributed by atoms with E-state index in [1.165, 1.54) is 0 Å². The molecule has 0 spiro atoms. The van der Waals surface area contributed by atoms with Crippen molar-refractivity contribution >= 4 is 11.8 Å². The molecular formula is C15H25N3O2. The van der Waals surface area contributed by atoms with Crippen LogP contribution in [0.3, 0.4) is 0 Å². The van der Waals surface area contributed by atoms with Gasteiger partial charge in [0.05, 0.1) is 0 Å². The van der Waals surface area contributed by atoms with Crippen LogP contribution in [0, 0.1) is 5.92 Å². The predicted molar refractivity (Wildman–Crippen MR) is 79.4 cm³/mol. The number of carbonyl (C=O) groups is 2. The van der Waals surface area contributed by atoms with E-state index in [1.807, 2.05) is 44.0 Å². The maximum Gasteiger partial charge on any atom is 0.240 e. The zero-order valence-electron chi connectivity index (χ0n) is 12.6. The largest absolute Gasteiger partial charge is 0.368 e. The lowest BCUT2D eigenvalue weighted by Gasteiger charge is -2.25. The van der Waals surface area contributed by atoms with Crippen molar-refractivity contribution in [3.63, 3.8) is 0 Å². The fourth-order valence-electron chi connectivity index (χ4n) is 2.05. The highest BCUT2D eigenvalue weighted by Crippen LogP contribution is 2.29. The molecule has 0 radical (unpaired) electrons. The third-order valence-electron chi connectivity index (χ3n) is 3.39. The lowest BCUT2D eigenvalue weighted by molar-refractivity contribution is -0.128. The monoisotopic (exact) mass is 279 g/mol. The Kier molecular flexibility index (Phi) is 6.28. The van der Waals surface area contributed by atoms with Crippen molar-refractivity contribution in [3.05, 3.63) is 24.0 Å². The Hall–Kier alpha value is -1.78. The molecule has 2 amide bonds. The number of primary amides is 1. The van der Waals surface area contributed by atoms with Crippen LogP contribution < -0.4 is 11.1 Å². The molecule has 1 aliphatic carbocycles. The van der Waals surface area contributed by atoms with Gasteiger partial charge in [0.15, 0.2) is 0 Å². The lowest BCUT2D eigenvalue weighted by Crippen LogP contribution is -2.46. The van der Waals surface area contributed by atoms with Gasteiger partial charge in [-0.05, 0) is 39.8 Å². The number of carbonyl (C=O) groups excluding carboxylic acids is 2. The first-order chi connectivity index (χ1) is 9.53. The van der Waals surface area contributed by atoms with Crippen LogP contribution in [0.4, 0.5) is 0 Å². The van der Waals surface area contributed by atoms with Gasteiger partial charge < -0.3 is 16.0 Å². The molecule has 112 valence electrons. The van der Waals surface area contributed by atoms with Gasteiger partial charge in [-0.1, -0.05) is 12.2 Å². The fraction of sp³-hybridized carbons (Fsp3) is 0.600. The number of allylic oxidation sites excluding steroid dienone is 2. The molecule has 1 unspecified atom stereocenters. The summed E-state index contributed by atoms with van der Waals surface area (Å²) < 4.78 is 0. The molecule has 0 saturated heterocycles. The second-order valence-corrected chi connectivity index (χ2v) is 4.99. The zero-order valence-corrected chi connectivity index (χ0v) is 12.6. The molecule has 5 heteroatoms. The van der Waals surface area contributed by atoms with Gasteiger partial charge >= 0.3 is 0 Å². The predicted octanol–water partition coefficient (Wildman–Crippen LogP) is 1.52. The minimum atomic E-state index is -0.645. The van der Waals surface area contributed by atoms with Crippen molar-refractivity contribution in [2.75, 3.05) is 6.54 Å². The van der Waals surface area contributed by atoms with Crippen molar-refractivity contribution in [1.82, 2.24) is 10.2 Å². The van der Waals surface area contributed by atoms with E-state index in [-0.39, 0.29) is 11.8 Å². The molecule has 20 heavy (non-hydrogen) atoms. The first kappa shape index (κ1) is 16.3. The maximum atomic E-state index is 11.8. The van der Waals surface area contributed by atoms with Crippen LogP contribution in [0.5, 0.6) is 0 Å². The van der Waals surface area contributed by atoms with Crippen LogP contribution in [0.15, 0.2) is 24.0 Å². The third kappa shape index (κ3) is 4.72. The second-order valence-electron chi connectivity index (χ2n) is 4.99. The molecule has 0 heterocycles. The summed E-state index contributed by atoms with van der Waals surface area (Å²) >= 11 is 0. The average Bonchev–Trinajstić information content (AvgIpc) is 3.25. The topological polar surface area (TPSA) is 75.4 Å². The highest BCUT2D eigenvalue weighted by Gasteiger charge is 2.32. The number of hydrogen-bond acceptors (Lipinski definition) is 3. The molecule has 3 N–H and O–H groups in total. The van der Waals surface area contributed by atoms with Crippen molar-refractivity contribution in [2.24, 2.45) is 11.7 Å². The smallest absolute Gasteiger partial charge is 0.240 e. The van der Waals surface area contributed by atoms with Crippen LogP contribution >= 0.6 is 0 Å². The summed E-state index contributed by atoms with van der Waals surface area (Å²) in [7, 11) is 0. The van der Waals surface area contributed by atoms with E-state index in [1.54, 1.807) is 0 Å². The number of hydrogen-bond donors (Lipinski definition) is 2. The number of nitrogens with one attached hydrogen (secondary N) is 1. The van der Waals surface area contributed by atoms with E-state index in [9.17, 15) is 9.59 Å². The molecule has 0 bridgehead atoms. The Morgan fingerprint density at radius 3 is 2.45 bits per heavy atom. The molecule has 0 aromatic carbocycles. The van der Waals surface area contributed by atoms with Crippen molar-refractivity contribution < 1.29 is 9.59 Å². The molecule has 5 nitrogen and oxygen atoms in total. The summed E-state index contributed by atoms with van der Waals surface area (Å²) in [5.74, 6) is -0.475. The standard InChI is InChI=1S/C15H25N3O2/c1-4-9-18(6-3)12(5-2)10-13(14(16)19)17-15(20)11-7-8-11/h4-5,9,11,13H,6-8,10H2,1-3H3,(H2,16,19)(H,17,20)/b9-4-,12-5-. The Balaban J connectivity index is 2.71. The van der Waals surface area contributed by atoms with E-state index in [2.05, 4.69) is 5.32 Å². The zero-order chi connectivity index (χ0) is 15.1. The summed E-state index contributed by atoms with van der Waals surface area (Å²) in [5.41, 5.74) is 6.38. The van der Waals surface area contributed by atoms with E-state index in [4.69, 9.17) is 5.73 Å². The first-order valence-corrected chi connectivity index (χ1v) is 7.17. The summed E-state index contributed by atoms with van der Waals surface area (Å²) in [4.78, 5) is 25.4. The Morgan fingerprint density at radius 1 is 1.40 bits per heavy atom. The summed E-state index contributed by atoms with van der Waals surface area (Å²) in [6.07, 6.45) is 8.08. The Bertz CT molecular complexity index is 411. The normalized spacial score (nSPS) is 17.1. The Morgan fingerprint density at radius 2 is 2.05 bits per heavy atom. The number of amides is 2. The molecule has 1 aliphatic rings. The van der Waals surface area contributed by atoms with Crippen LogP contribution in [0.25, 0.3) is 0 Å². The highest BCUT2D eigenvalue weighted by molar-refractivity contribution is 5.88. The number of nitrogens with zero attached hydrogens (tertiary/aromatic N) is 1. The molecule has 1 atom stereocenters. The fourth-order valence-corrected chi connectivity index (χ4v) is 2.05. The van der Waals surface area contributed by atoms with Gasteiger partial charge in [-0.2, -0.15) is 0 Å². The van der Waals surface area contributed by atoms with Gasteiger partial charge in [0.1, 0.15) is 6.04 Å². The van der Waals surface area contributed by atoms with E-state index >= 15 is 0 Å². The van der Waals surface area contributed by atoms with Crippen molar-refractivity contribution in [1.29, 1.82) is 0 Å². The Labute approximate surface area is 120 Å². The average molecular weight is 279 g/mol. The molecular weight excluding hydrogens is 254 g/mol. The van der Waals surface area contributed by atoms with Crippen LogP contribution in [0.1, 0.15) is 40.0 Å². The maximum absolute atomic E-state index is 11.8. The van der Waals surface area contributed by atoms with Crippen LogP contribution in [-0.2, 0) is 9.59 Å². The lowest BCUT2D eigenvalue weighted by atomic mass is 10.1. The molecule has 1 fully saturated rings. The molecule has 1 rings (SSSR count). The van der Waals surface area contributed by atoms with Gasteiger partial charge in [0.2, 0.25) is 11.8 Å². The summed E-state index contributed by atoms with van der Waals surface area (Å²) in [5, 5.41) is 2.76.